The number of ether oxygens (including phenoxy) is 1. The maximum absolute atomic E-state index is 13.0. The van der Waals surface area contributed by atoms with Crippen molar-refractivity contribution in [1.29, 1.82) is 0 Å². The number of carbonyl (C=O) groups excluding carboxylic acids is 1. The third-order valence-electron chi connectivity index (χ3n) is 5.47. The highest BCUT2D eigenvalue weighted by Gasteiger charge is 2.25. The molecule has 0 unspecified atom stereocenters. The monoisotopic (exact) mass is 410 g/mol. The summed E-state index contributed by atoms with van der Waals surface area (Å²) in [6.07, 6.45) is 8.96. The van der Waals surface area contributed by atoms with Crippen LogP contribution in [-0.4, -0.2) is 66.5 Å². The van der Waals surface area contributed by atoms with Crippen LogP contribution in [-0.2, 0) is 0 Å². The molecule has 1 amide bonds. The lowest BCUT2D eigenvalue weighted by Gasteiger charge is -2.33. The van der Waals surface area contributed by atoms with Crippen LogP contribution in [0.4, 0.5) is 0 Å². The van der Waals surface area contributed by atoms with E-state index in [1.807, 2.05) is 28.8 Å². The van der Waals surface area contributed by atoms with E-state index in [-0.39, 0.29) is 12.0 Å². The summed E-state index contributed by atoms with van der Waals surface area (Å²) >= 11 is 8.11. The molecule has 2 saturated heterocycles. The molecule has 0 saturated carbocycles. The van der Waals surface area contributed by atoms with Crippen molar-refractivity contribution in [3.63, 3.8) is 0 Å². The van der Waals surface area contributed by atoms with Crippen molar-refractivity contribution in [2.24, 2.45) is 0 Å². The summed E-state index contributed by atoms with van der Waals surface area (Å²) in [5, 5.41) is 0.620. The van der Waals surface area contributed by atoms with Crippen LogP contribution in [0.2, 0.25) is 5.02 Å². The minimum Gasteiger partial charge on any atom is -0.489 e. The second kappa shape index (κ2) is 10.6. The molecular weight excluding hydrogens is 380 g/mol. The average Bonchev–Trinajstić information content (AvgIpc) is 2.70. The standard InChI is InChI=1S/C21H31ClN2O2S/c1-27-15-5-10-23-13-8-18(9-14-23)26-20-16-17(22)6-7-19(20)21(25)24-11-3-2-4-12-24/h6-7,16,18H,2-5,8-15H2,1H3. The minimum atomic E-state index is 0.0795. The summed E-state index contributed by atoms with van der Waals surface area (Å²) in [5.74, 6) is 1.95. The Hall–Kier alpha value is -0.910. The van der Waals surface area contributed by atoms with E-state index in [9.17, 15) is 4.79 Å². The van der Waals surface area contributed by atoms with Crippen LogP contribution in [0.15, 0.2) is 18.2 Å². The predicted octanol–water partition coefficient (Wildman–Crippen LogP) is 4.56. The topological polar surface area (TPSA) is 32.8 Å². The highest BCUT2D eigenvalue weighted by Crippen LogP contribution is 2.28. The van der Waals surface area contributed by atoms with Gasteiger partial charge in [0.2, 0.25) is 0 Å². The Kier molecular flexibility index (Phi) is 8.16. The molecule has 0 atom stereocenters. The molecule has 2 fully saturated rings. The van der Waals surface area contributed by atoms with Crippen LogP contribution in [0, 0.1) is 0 Å². The summed E-state index contributed by atoms with van der Waals surface area (Å²) < 4.78 is 6.29. The van der Waals surface area contributed by atoms with E-state index in [0.717, 1.165) is 51.9 Å². The van der Waals surface area contributed by atoms with E-state index in [0.29, 0.717) is 16.3 Å². The normalized spacial score (nSPS) is 19.3. The smallest absolute Gasteiger partial charge is 0.257 e. The number of halogens is 1. The number of thioether (sulfide) groups is 1. The summed E-state index contributed by atoms with van der Waals surface area (Å²) in [6.45, 7) is 4.98. The van der Waals surface area contributed by atoms with Crippen LogP contribution in [0.1, 0.15) is 48.9 Å². The molecule has 4 nitrogen and oxygen atoms in total. The van der Waals surface area contributed by atoms with Gasteiger partial charge in [-0.2, -0.15) is 11.8 Å². The molecule has 0 bridgehead atoms. The average molecular weight is 411 g/mol. The zero-order valence-electron chi connectivity index (χ0n) is 16.3. The van der Waals surface area contributed by atoms with E-state index in [4.69, 9.17) is 16.3 Å². The Balaban J connectivity index is 1.60. The van der Waals surface area contributed by atoms with E-state index in [2.05, 4.69) is 11.2 Å². The first-order valence-corrected chi connectivity index (χ1v) is 11.9. The number of piperidine rings is 2. The molecule has 150 valence electrons. The molecule has 0 N–H and O–H groups in total. The minimum absolute atomic E-state index is 0.0795. The van der Waals surface area contributed by atoms with Gasteiger partial charge in [0.15, 0.2) is 0 Å². The van der Waals surface area contributed by atoms with Gasteiger partial charge >= 0.3 is 0 Å². The molecule has 2 aliphatic heterocycles. The van der Waals surface area contributed by atoms with Gasteiger partial charge in [0.1, 0.15) is 11.9 Å². The predicted molar refractivity (Wildman–Crippen MR) is 114 cm³/mol. The summed E-state index contributed by atoms with van der Waals surface area (Å²) in [4.78, 5) is 17.4. The van der Waals surface area contributed by atoms with E-state index in [1.54, 1.807) is 6.07 Å². The first kappa shape index (κ1) is 20.8. The molecule has 0 aromatic heterocycles. The van der Waals surface area contributed by atoms with Crippen molar-refractivity contribution in [2.75, 3.05) is 44.7 Å². The molecule has 3 rings (SSSR count). The number of rotatable bonds is 7. The summed E-state index contributed by atoms with van der Waals surface area (Å²) in [5.41, 5.74) is 0.656. The molecular formula is C21H31ClN2O2S. The number of likely N-dealkylation sites (tertiary alicyclic amines) is 2. The van der Waals surface area contributed by atoms with Gasteiger partial charge in [-0.15, -0.1) is 0 Å². The summed E-state index contributed by atoms with van der Waals surface area (Å²) in [6, 6.07) is 5.43. The van der Waals surface area contributed by atoms with Crippen molar-refractivity contribution in [2.45, 2.75) is 44.6 Å². The Morgan fingerprint density at radius 2 is 1.93 bits per heavy atom. The van der Waals surface area contributed by atoms with Gasteiger partial charge in [0.05, 0.1) is 5.56 Å². The van der Waals surface area contributed by atoms with Gasteiger partial charge in [-0.1, -0.05) is 11.6 Å². The van der Waals surface area contributed by atoms with E-state index in [1.165, 1.54) is 25.1 Å². The quantitative estimate of drug-likeness (QED) is 0.617. The Morgan fingerprint density at radius 3 is 2.63 bits per heavy atom. The van der Waals surface area contributed by atoms with Crippen LogP contribution < -0.4 is 4.74 Å². The Bertz CT molecular complexity index is 614. The lowest BCUT2D eigenvalue weighted by Crippen LogP contribution is -2.39. The molecule has 6 heteroatoms. The van der Waals surface area contributed by atoms with Crippen LogP contribution in [0.5, 0.6) is 5.75 Å². The first-order chi connectivity index (χ1) is 13.2. The molecule has 0 spiro atoms. The van der Waals surface area contributed by atoms with Crippen molar-refractivity contribution < 1.29 is 9.53 Å². The maximum atomic E-state index is 13.0. The number of nitrogens with zero attached hydrogens (tertiary/aromatic N) is 2. The van der Waals surface area contributed by atoms with Crippen LogP contribution in [0.3, 0.4) is 0 Å². The fourth-order valence-electron chi connectivity index (χ4n) is 3.90. The van der Waals surface area contributed by atoms with Gasteiger partial charge in [0.25, 0.3) is 5.91 Å². The zero-order chi connectivity index (χ0) is 19.1. The highest BCUT2D eigenvalue weighted by molar-refractivity contribution is 7.98. The zero-order valence-corrected chi connectivity index (χ0v) is 17.9. The van der Waals surface area contributed by atoms with Gasteiger partial charge in [-0.3, -0.25) is 4.79 Å². The van der Waals surface area contributed by atoms with Gasteiger partial charge in [-0.25, -0.2) is 0 Å². The number of hydrogen-bond donors (Lipinski definition) is 0. The molecule has 1 aromatic carbocycles. The first-order valence-electron chi connectivity index (χ1n) is 10.1. The molecule has 1 aromatic rings. The molecule has 0 radical (unpaired) electrons. The Morgan fingerprint density at radius 1 is 1.19 bits per heavy atom. The van der Waals surface area contributed by atoms with Crippen molar-refractivity contribution >= 4 is 29.3 Å². The van der Waals surface area contributed by atoms with Gasteiger partial charge in [-0.05, 0) is 75.3 Å². The largest absolute Gasteiger partial charge is 0.489 e. The Labute approximate surface area is 172 Å². The van der Waals surface area contributed by atoms with Crippen molar-refractivity contribution in [1.82, 2.24) is 9.80 Å². The van der Waals surface area contributed by atoms with E-state index < -0.39 is 0 Å². The number of carbonyl (C=O) groups is 1. The van der Waals surface area contributed by atoms with Gasteiger partial charge < -0.3 is 14.5 Å². The van der Waals surface area contributed by atoms with Gasteiger partial charge in [0, 0.05) is 31.2 Å². The van der Waals surface area contributed by atoms with Crippen molar-refractivity contribution in [3.8, 4) is 5.75 Å². The summed E-state index contributed by atoms with van der Waals surface area (Å²) in [7, 11) is 0. The third-order valence-corrected chi connectivity index (χ3v) is 6.40. The SMILES string of the molecule is CSCCCN1CCC(Oc2cc(Cl)ccc2C(=O)N2CCCCC2)CC1. The molecule has 2 heterocycles. The fraction of sp³-hybridized carbons (Fsp3) is 0.667. The second-order valence-corrected chi connectivity index (χ2v) is 8.92. The lowest BCUT2D eigenvalue weighted by atomic mass is 10.1. The number of hydrogen-bond acceptors (Lipinski definition) is 4. The molecule has 27 heavy (non-hydrogen) atoms. The third kappa shape index (κ3) is 6.03. The number of amides is 1. The number of benzene rings is 1. The molecule has 2 aliphatic rings. The van der Waals surface area contributed by atoms with E-state index >= 15 is 0 Å². The molecule has 0 aliphatic carbocycles. The highest BCUT2D eigenvalue weighted by atomic mass is 35.5. The fourth-order valence-corrected chi connectivity index (χ4v) is 4.48. The van der Waals surface area contributed by atoms with Crippen molar-refractivity contribution in [3.05, 3.63) is 28.8 Å². The maximum Gasteiger partial charge on any atom is 0.257 e. The van der Waals surface area contributed by atoms with Crippen LogP contribution in [0.25, 0.3) is 0 Å². The second-order valence-electron chi connectivity index (χ2n) is 7.50. The van der Waals surface area contributed by atoms with Crippen LogP contribution >= 0.6 is 23.4 Å². The lowest BCUT2D eigenvalue weighted by molar-refractivity contribution is 0.0704.